The Labute approximate surface area is 152 Å². The highest BCUT2D eigenvalue weighted by atomic mass is 16.2. The lowest BCUT2D eigenvalue weighted by Crippen LogP contribution is -2.29. The Bertz CT molecular complexity index is 918. The minimum Gasteiger partial charge on any atom is -0.354 e. The number of nitrogens with one attached hydrogen (secondary N) is 2. The van der Waals surface area contributed by atoms with Gasteiger partial charge in [-0.05, 0) is 63.0 Å². The van der Waals surface area contributed by atoms with E-state index in [1.165, 1.54) is 24.1 Å². The van der Waals surface area contributed by atoms with Crippen LogP contribution in [-0.4, -0.2) is 38.8 Å². The van der Waals surface area contributed by atoms with Crippen molar-refractivity contribution in [3.8, 4) is 0 Å². The van der Waals surface area contributed by atoms with Crippen molar-refractivity contribution < 1.29 is 4.79 Å². The molecule has 0 radical (unpaired) electrons. The van der Waals surface area contributed by atoms with Crippen LogP contribution in [0.5, 0.6) is 0 Å². The van der Waals surface area contributed by atoms with Crippen molar-refractivity contribution >= 4 is 5.91 Å². The normalized spacial score (nSPS) is 24.1. The van der Waals surface area contributed by atoms with Gasteiger partial charge in [0.15, 0.2) is 0 Å². The molecule has 2 N–H and O–H groups in total. The van der Waals surface area contributed by atoms with Crippen LogP contribution in [0, 0.1) is 12.8 Å². The number of aromatic amines is 2. The molecule has 0 aromatic carbocycles. The van der Waals surface area contributed by atoms with Crippen LogP contribution >= 0.6 is 0 Å². The molecule has 3 aliphatic rings. The van der Waals surface area contributed by atoms with Crippen LogP contribution in [0.3, 0.4) is 0 Å². The fraction of sp³-hybridized carbons (Fsp3) is 0.550. The molecule has 6 nitrogen and oxygen atoms in total. The van der Waals surface area contributed by atoms with Gasteiger partial charge in [0.05, 0.1) is 5.69 Å². The zero-order valence-corrected chi connectivity index (χ0v) is 15.1. The average Bonchev–Trinajstić information content (AvgIpc) is 3.25. The van der Waals surface area contributed by atoms with Gasteiger partial charge in [0.2, 0.25) is 0 Å². The summed E-state index contributed by atoms with van der Waals surface area (Å²) in [5, 5.41) is 0. The lowest BCUT2D eigenvalue weighted by atomic mass is 9.80. The standard InChI is InChI=1S/C20H24N4O2/c1-11-21-18-14(19(25)22-11)7-6-13-9-24(10-15(13)18)20(26)17-8-12-4-2-3-5-16(12)23-17/h8,13,15,23H,2-7,9-10H2,1H3,(H,21,22,25)/t13-,15+/m1/s1. The van der Waals surface area contributed by atoms with Gasteiger partial charge < -0.3 is 14.9 Å². The van der Waals surface area contributed by atoms with E-state index in [1.54, 1.807) is 0 Å². The molecule has 1 saturated heterocycles. The quantitative estimate of drug-likeness (QED) is 0.824. The molecule has 1 amide bonds. The number of H-pyrrole nitrogens is 2. The Morgan fingerprint density at radius 3 is 2.88 bits per heavy atom. The van der Waals surface area contributed by atoms with Crippen molar-refractivity contribution in [3.63, 3.8) is 0 Å². The summed E-state index contributed by atoms with van der Waals surface area (Å²) in [5.74, 6) is 1.35. The van der Waals surface area contributed by atoms with Crippen molar-refractivity contribution in [2.24, 2.45) is 5.92 Å². The van der Waals surface area contributed by atoms with Crippen LogP contribution in [0.1, 0.15) is 64.0 Å². The van der Waals surface area contributed by atoms with Crippen LogP contribution in [0.25, 0.3) is 0 Å². The highest BCUT2D eigenvalue weighted by Crippen LogP contribution is 2.40. The van der Waals surface area contributed by atoms with E-state index in [4.69, 9.17) is 0 Å². The molecular weight excluding hydrogens is 328 g/mol. The third-order valence-corrected chi connectivity index (χ3v) is 6.36. The van der Waals surface area contributed by atoms with E-state index in [0.29, 0.717) is 18.3 Å². The molecule has 1 fully saturated rings. The van der Waals surface area contributed by atoms with Gasteiger partial charge >= 0.3 is 0 Å². The molecule has 26 heavy (non-hydrogen) atoms. The Hall–Kier alpha value is -2.37. The fourth-order valence-electron chi connectivity index (χ4n) is 5.04. The van der Waals surface area contributed by atoms with E-state index < -0.39 is 0 Å². The number of amides is 1. The molecule has 0 spiro atoms. The number of aryl methyl sites for hydroxylation is 3. The highest BCUT2D eigenvalue weighted by Gasteiger charge is 2.41. The van der Waals surface area contributed by atoms with Crippen molar-refractivity contribution in [2.45, 2.75) is 51.4 Å². The number of hydrogen-bond acceptors (Lipinski definition) is 3. The fourth-order valence-corrected chi connectivity index (χ4v) is 5.04. The summed E-state index contributed by atoms with van der Waals surface area (Å²) in [6.07, 6.45) is 6.25. The summed E-state index contributed by atoms with van der Waals surface area (Å²) >= 11 is 0. The molecule has 0 bridgehead atoms. The monoisotopic (exact) mass is 352 g/mol. The van der Waals surface area contributed by atoms with E-state index in [1.807, 2.05) is 11.8 Å². The third kappa shape index (κ3) is 2.42. The number of aromatic nitrogens is 3. The van der Waals surface area contributed by atoms with Gasteiger partial charge in [-0.2, -0.15) is 0 Å². The van der Waals surface area contributed by atoms with E-state index in [0.717, 1.165) is 49.2 Å². The topological polar surface area (TPSA) is 81.8 Å². The summed E-state index contributed by atoms with van der Waals surface area (Å²) in [6.45, 7) is 3.25. The summed E-state index contributed by atoms with van der Waals surface area (Å²) < 4.78 is 0. The molecule has 0 unspecified atom stereocenters. The number of likely N-dealkylation sites (tertiary alicyclic amines) is 1. The van der Waals surface area contributed by atoms with Crippen LogP contribution in [0.4, 0.5) is 0 Å². The van der Waals surface area contributed by atoms with E-state index >= 15 is 0 Å². The van der Waals surface area contributed by atoms with Gasteiger partial charge in [-0.15, -0.1) is 0 Å². The first-order chi connectivity index (χ1) is 12.6. The average molecular weight is 352 g/mol. The number of carbonyl (C=O) groups excluding carboxylic acids is 1. The third-order valence-electron chi connectivity index (χ3n) is 6.36. The Morgan fingerprint density at radius 2 is 2.04 bits per heavy atom. The maximum atomic E-state index is 13.1. The number of rotatable bonds is 1. The summed E-state index contributed by atoms with van der Waals surface area (Å²) in [7, 11) is 0. The summed E-state index contributed by atoms with van der Waals surface area (Å²) in [4.78, 5) is 38.1. The summed E-state index contributed by atoms with van der Waals surface area (Å²) in [6, 6.07) is 2.06. The molecule has 1 aliphatic heterocycles. The van der Waals surface area contributed by atoms with Crippen LogP contribution < -0.4 is 5.56 Å². The first-order valence-electron chi connectivity index (χ1n) is 9.70. The lowest BCUT2D eigenvalue weighted by Gasteiger charge is -2.25. The van der Waals surface area contributed by atoms with Crippen molar-refractivity contribution in [2.75, 3.05) is 13.1 Å². The number of hydrogen-bond donors (Lipinski definition) is 2. The van der Waals surface area contributed by atoms with Crippen molar-refractivity contribution in [3.05, 3.63) is 50.5 Å². The zero-order chi connectivity index (χ0) is 17.8. The van der Waals surface area contributed by atoms with Crippen molar-refractivity contribution in [1.82, 2.24) is 19.9 Å². The second kappa shape index (κ2) is 5.83. The van der Waals surface area contributed by atoms with Gasteiger partial charge in [-0.1, -0.05) is 0 Å². The van der Waals surface area contributed by atoms with Crippen LogP contribution in [0.2, 0.25) is 0 Å². The lowest BCUT2D eigenvalue weighted by molar-refractivity contribution is 0.0780. The summed E-state index contributed by atoms with van der Waals surface area (Å²) in [5.41, 5.74) is 5.01. The largest absolute Gasteiger partial charge is 0.354 e. The van der Waals surface area contributed by atoms with Crippen LogP contribution in [-0.2, 0) is 19.3 Å². The van der Waals surface area contributed by atoms with E-state index in [9.17, 15) is 9.59 Å². The molecule has 5 rings (SSSR count). The van der Waals surface area contributed by atoms with Crippen molar-refractivity contribution in [1.29, 1.82) is 0 Å². The molecular formula is C20H24N4O2. The van der Waals surface area contributed by atoms with Gasteiger partial charge in [0.25, 0.3) is 11.5 Å². The minimum atomic E-state index is -0.00669. The predicted octanol–water partition coefficient (Wildman–Crippen LogP) is 2.09. The van der Waals surface area contributed by atoms with Gasteiger partial charge in [-0.3, -0.25) is 9.59 Å². The van der Waals surface area contributed by atoms with E-state index in [-0.39, 0.29) is 17.4 Å². The number of carbonyl (C=O) groups is 1. The van der Waals surface area contributed by atoms with Gasteiger partial charge in [-0.25, -0.2) is 4.98 Å². The zero-order valence-electron chi connectivity index (χ0n) is 15.1. The second-order valence-electron chi connectivity index (χ2n) is 8.02. The molecule has 2 aromatic heterocycles. The molecule has 6 heteroatoms. The van der Waals surface area contributed by atoms with Gasteiger partial charge in [0.1, 0.15) is 11.5 Å². The molecule has 2 aliphatic carbocycles. The SMILES string of the molecule is Cc1nc2c(c(=O)[nH]1)CC[C@@H]1CN(C(=O)c3cc4c([nH]3)CCCC4)C[C@H]21. The van der Waals surface area contributed by atoms with E-state index in [2.05, 4.69) is 21.0 Å². The minimum absolute atomic E-state index is 0.00669. The molecule has 3 heterocycles. The first kappa shape index (κ1) is 15.9. The molecule has 2 atom stereocenters. The predicted molar refractivity (Wildman–Crippen MR) is 97.5 cm³/mol. The number of fused-ring (bicyclic) bond motifs is 4. The molecule has 2 aromatic rings. The van der Waals surface area contributed by atoms with Crippen LogP contribution in [0.15, 0.2) is 10.9 Å². The smallest absolute Gasteiger partial charge is 0.270 e. The Kier molecular flexibility index (Phi) is 3.55. The van der Waals surface area contributed by atoms with Gasteiger partial charge in [0, 0.05) is 30.3 Å². The Morgan fingerprint density at radius 1 is 1.19 bits per heavy atom. The highest BCUT2D eigenvalue weighted by molar-refractivity contribution is 5.93. The molecule has 136 valence electrons. The Balaban J connectivity index is 1.42. The molecule has 0 saturated carbocycles. The first-order valence-corrected chi connectivity index (χ1v) is 9.70. The second-order valence-corrected chi connectivity index (χ2v) is 8.02. The maximum Gasteiger partial charge on any atom is 0.270 e. The maximum absolute atomic E-state index is 13.1. The number of nitrogens with zero attached hydrogens (tertiary/aromatic N) is 2.